The fourth-order valence-electron chi connectivity index (χ4n) is 3.48. The smallest absolute Gasteiger partial charge is 0.326 e. The Morgan fingerprint density at radius 2 is 2.03 bits per heavy atom. The third kappa shape index (κ3) is 3.79. The van der Waals surface area contributed by atoms with E-state index in [1.807, 2.05) is 37.3 Å². The van der Waals surface area contributed by atoms with Crippen molar-refractivity contribution in [1.29, 1.82) is 0 Å². The number of hydrogen-bond acceptors (Lipinski definition) is 6. The lowest BCUT2D eigenvalue weighted by atomic mass is 10.1. The van der Waals surface area contributed by atoms with Crippen molar-refractivity contribution in [3.63, 3.8) is 0 Å². The van der Waals surface area contributed by atoms with Crippen molar-refractivity contribution in [2.45, 2.75) is 20.0 Å². The predicted molar refractivity (Wildman–Crippen MR) is 115 cm³/mol. The van der Waals surface area contributed by atoms with Gasteiger partial charge in [0.2, 0.25) is 0 Å². The highest BCUT2D eigenvalue weighted by molar-refractivity contribution is 5.98. The van der Waals surface area contributed by atoms with Gasteiger partial charge in [-0.1, -0.05) is 18.2 Å². The molecule has 0 atom stereocenters. The minimum atomic E-state index is -0.115. The quantitative estimate of drug-likeness (QED) is 0.399. The molecule has 29 heavy (non-hydrogen) atoms. The van der Waals surface area contributed by atoms with Gasteiger partial charge in [0, 0.05) is 37.8 Å². The molecule has 4 aromatic rings. The van der Waals surface area contributed by atoms with E-state index < -0.39 is 0 Å². The number of ether oxygens (including phenoxy) is 1. The number of nitrogens with zero attached hydrogens (tertiary/aromatic N) is 3. The van der Waals surface area contributed by atoms with E-state index in [9.17, 15) is 4.79 Å². The first-order valence-corrected chi connectivity index (χ1v) is 9.63. The molecular weight excluding hydrogens is 368 g/mol. The van der Waals surface area contributed by atoms with Crippen LogP contribution in [0.1, 0.15) is 12.5 Å². The Morgan fingerprint density at radius 1 is 1.17 bits per heavy atom. The molecule has 4 rings (SSSR count). The van der Waals surface area contributed by atoms with Crippen molar-refractivity contribution in [1.82, 2.24) is 19.5 Å². The second-order valence-corrected chi connectivity index (χ2v) is 6.71. The van der Waals surface area contributed by atoms with Crippen molar-refractivity contribution in [3.05, 3.63) is 58.8 Å². The van der Waals surface area contributed by atoms with Crippen LogP contribution in [0.25, 0.3) is 21.9 Å². The fourth-order valence-corrected chi connectivity index (χ4v) is 3.48. The van der Waals surface area contributed by atoms with Gasteiger partial charge in [-0.05, 0) is 30.7 Å². The van der Waals surface area contributed by atoms with Crippen molar-refractivity contribution in [2.75, 3.05) is 30.9 Å². The number of aromatic nitrogens is 4. The molecule has 0 aliphatic carbocycles. The van der Waals surface area contributed by atoms with Gasteiger partial charge in [-0.25, -0.2) is 14.8 Å². The van der Waals surface area contributed by atoms with E-state index in [1.165, 1.54) is 0 Å². The Labute approximate surface area is 167 Å². The van der Waals surface area contributed by atoms with E-state index >= 15 is 0 Å². The molecule has 0 unspecified atom stereocenters. The molecule has 0 bridgehead atoms. The molecule has 0 radical (unpaired) electrons. The number of H-pyrrole nitrogens is 1. The first-order valence-electron chi connectivity index (χ1n) is 9.63. The van der Waals surface area contributed by atoms with E-state index in [2.05, 4.69) is 31.7 Å². The summed E-state index contributed by atoms with van der Waals surface area (Å²) in [5.74, 6) is 0.730. The SMILES string of the molecule is CCn1c(=O)[nH]c2cc3c(NCc4ccccc4NCCOC)ncnc3cc21. The number of anilines is 2. The third-order valence-electron chi connectivity index (χ3n) is 4.93. The summed E-state index contributed by atoms with van der Waals surface area (Å²) in [5.41, 5.74) is 4.49. The number of aromatic amines is 1. The van der Waals surface area contributed by atoms with Crippen LogP contribution in [0.5, 0.6) is 0 Å². The second-order valence-electron chi connectivity index (χ2n) is 6.71. The highest BCUT2D eigenvalue weighted by Gasteiger charge is 2.11. The van der Waals surface area contributed by atoms with Gasteiger partial charge in [0.1, 0.15) is 12.1 Å². The number of benzene rings is 2. The molecule has 2 aromatic heterocycles. The minimum absolute atomic E-state index is 0.115. The lowest BCUT2D eigenvalue weighted by Gasteiger charge is -2.13. The van der Waals surface area contributed by atoms with Crippen LogP contribution in [0.4, 0.5) is 11.5 Å². The standard InChI is InChI=1S/C21H24N6O2/c1-3-27-19-11-17-15(10-18(19)26-21(27)28)20(25-13-24-17)23-12-14-6-4-5-7-16(14)22-8-9-29-2/h4-7,10-11,13,22H,3,8-9,12H2,1-2H3,(H,26,28)(H,23,24,25). The summed E-state index contributed by atoms with van der Waals surface area (Å²) in [7, 11) is 1.69. The second kappa shape index (κ2) is 8.32. The van der Waals surface area contributed by atoms with Crippen LogP contribution in [-0.4, -0.2) is 39.8 Å². The first kappa shape index (κ1) is 18.9. The molecule has 2 aromatic carbocycles. The molecule has 150 valence electrons. The predicted octanol–water partition coefficient (Wildman–Crippen LogP) is 2.96. The molecule has 0 fully saturated rings. The van der Waals surface area contributed by atoms with Crippen LogP contribution in [0, 0.1) is 0 Å². The highest BCUT2D eigenvalue weighted by Crippen LogP contribution is 2.25. The largest absolute Gasteiger partial charge is 0.383 e. The topological polar surface area (TPSA) is 96.9 Å². The fraction of sp³-hybridized carbons (Fsp3) is 0.286. The zero-order valence-electron chi connectivity index (χ0n) is 16.5. The molecule has 0 spiro atoms. The van der Waals surface area contributed by atoms with Crippen LogP contribution in [0.15, 0.2) is 47.5 Å². The molecule has 2 heterocycles. The van der Waals surface area contributed by atoms with Gasteiger partial charge in [-0.2, -0.15) is 0 Å². The zero-order valence-corrected chi connectivity index (χ0v) is 16.5. The van der Waals surface area contributed by atoms with Gasteiger partial charge in [-0.3, -0.25) is 4.57 Å². The summed E-state index contributed by atoms with van der Waals surface area (Å²) >= 11 is 0. The Morgan fingerprint density at radius 3 is 2.86 bits per heavy atom. The number of rotatable bonds is 8. The van der Waals surface area contributed by atoms with E-state index in [0.29, 0.717) is 19.7 Å². The highest BCUT2D eigenvalue weighted by atomic mass is 16.5. The number of aryl methyl sites for hydroxylation is 1. The number of methoxy groups -OCH3 is 1. The molecule has 0 saturated heterocycles. The van der Waals surface area contributed by atoms with Crippen molar-refractivity contribution < 1.29 is 4.74 Å². The number of hydrogen-bond donors (Lipinski definition) is 3. The third-order valence-corrected chi connectivity index (χ3v) is 4.93. The van der Waals surface area contributed by atoms with Crippen LogP contribution in [0.2, 0.25) is 0 Å². The van der Waals surface area contributed by atoms with Gasteiger partial charge >= 0.3 is 5.69 Å². The molecule has 8 heteroatoms. The average Bonchev–Trinajstić information content (AvgIpc) is 3.05. The zero-order chi connectivity index (χ0) is 20.2. The first-order chi connectivity index (χ1) is 14.2. The maximum atomic E-state index is 12.1. The van der Waals surface area contributed by atoms with E-state index in [4.69, 9.17) is 4.74 Å². The number of para-hydroxylation sites is 1. The normalized spacial score (nSPS) is 11.2. The Kier molecular flexibility index (Phi) is 5.44. The monoisotopic (exact) mass is 392 g/mol. The van der Waals surface area contributed by atoms with Gasteiger partial charge < -0.3 is 20.4 Å². The Bertz CT molecular complexity index is 1200. The van der Waals surface area contributed by atoms with Crippen LogP contribution >= 0.6 is 0 Å². The molecular formula is C21H24N6O2. The molecule has 3 N–H and O–H groups in total. The molecule has 0 aliphatic heterocycles. The van der Waals surface area contributed by atoms with Crippen LogP contribution in [0.3, 0.4) is 0 Å². The summed E-state index contributed by atoms with van der Waals surface area (Å²) in [4.78, 5) is 23.9. The lowest BCUT2D eigenvalue weighted by Crippen LogP contribution is -2.14. The maximum absolute atomic E-state index is 12.1. The number of fused-ring (bicyclic) bond motifs is 2. The molecule has 0 aliphatic rings. The van der Waals surface area contributed by atoms with Crippen LogP contribution < -0.4 is 16.3 Å². The van der Waals surface area contributed by atoms with Gasteiger partial charge in [0.05, 0.1) is 23.2 Å². The number of nitrogens with one attached hydrogen (secondary N) is 3. The lowest BCUT2D eigenvalue weighted by molar-refractivity contribution is 0.211. The van der Waals surface area contributed by atoms with Crippen molar-refractivity contribution in [3.8, 4) is 0 Å². The average molecular weight is 392 g/mol. The summed E-state index contributed by atoms with van der Waals surface area (Å²) in [6.07, 6.45) is 1.54. The number of imidazole rings is 1. The van der Waals surface area contributed by atoms with Gasteiger partial charge in [0.25, 0.3) is 0 Å². The van der Waals surface area contributed by atoms with Gasteiger partial charge in [-0.15, -0.1) is 0 Å². The van der Waals surface area contributed by atoms with Crippen LogP contribution in [-0.2, 0) is 17.8 Å². The maximum Gasteiger partial charge on any atom is 0.326 e. The summed E-state index contributed by atoms with van der Waals surface area (Å²) in [5, 5.41) is 7.67. The summed E-state index contributed by atoms with van der Waals surface area (Å²) in [6, 6.07) is 12.0. The minimum Gasteiger partial charge on any atom is -0.383 e. The molecule has 0 amide bonds. The van der Waals surface area contributed by atoms with Crippen molar-refractivity contribution in [2.24, 2.45) is 0 Å². The summed E-state index contributed by atoms with van der Waals surface area (Å²) < 4.78 is 6.81. The Hall–Kier alpha value is -3.39. The Balaban J connectivity index is 1.64. The van der Waals surface area contributed by atoms with Crippen molar-refractivity contribution >= 4 is 33.4 Å². The van der Waals surface area contributed by atoms with E-state index in [-0.39, 0.29) is 5.69 Å². The molecule has 8 nitrogen and oxygen atoms in total. The van der Waals surface area contributed by atoms with E-state index in [0.717, 1.165) is 45.5 Å². The van der Waals surface area contributed by atoms with Gasteiger partial charge in [0.15, 0.2) is 0 Å². The van der Waals surface area contributed by atoms with E-state index in [1.54, 1.807) is 18.0 Å². The molecule has 0 saturated carbocycles. The summed E-state index contributed by atoms with van der Waals surface area (Å²) in [6.45, 7) is 4.54.